The summed E-state index contributed by atoms with van der Waals surface area (Å²) in [6.45, 7) is 4.72. The second-order valence-corrected chi connectivity index (χ2v) is 7.99. The molecule has 1 amide bonds. The summed E-state index contributed by atoms with van der Waals surface area (Å²) in [5.74, 6) is 0.518. The topological polar surface area (TPSA) is 92.8 Å². The number of rotatable bonds is 3. The van der Waals surface area contributed by atoms with E-state index in [1.807, 2.05) is 48.9 Å². The average molecular weight is 373 g/mol. The van der Waals surface area contributed by atoms with Crippen LogP contribution in [0.25, 0.3) is 22.2 Å². The highest BCUT2D eigenvalue weighted by Crippen LogP contribution is 2.44. The molecule has 1 saturated heterocycles. The molecule has 3 aromatic rings. The molecule has 7 heteroatoms. The summed E-state index contributed by atoms with van der Waals surface area (Å²) >= 11 is 0. The molecule has 2 aliphatic heterocycles. The highest BCUT2D eigenvalue weighted by Gasteiger charge is 2.45. The molecule has 4 heterocycles. The Hall–Kier alpha value is -3.24. The maximum atomic E-state index is 12.5. The Labute approximate surface area is 161 Å². The predicted octanol–water partition coefficient (Wildman–Crippen LogP) is 2.97. The number of aromatic nitrogens is 3. The highest BCUT2D eigenvalue weighted by atomic mass is 16.5. The Morgan fingerprint density at radius 3 is 2.79 bits per heavy atom. The molecule has 1 N–H and O–H groups in total. The van der Waals surface area contributed by atoms with Gasteiger partial charge in [-0.25, -0.2) is 4.98 Å². The van der Waals surface area contributed by atoms with Crippen LogP contribution in [-0.2, 0) is 20.5 Å². The van der Waals surface area contributed by atoms with Gasteiger partial charge in [-0.15, -0.1) is 0 Å². The maximum absolute atomic E-state index is 12.5. The van der Waals surface area contributed by atoms with Gasteiger partial charge in [-0.3, -0.25) is 9.48 Å². The third-order valence-electron chi connectivity index (χ3n) is 5.82. The van der Waals surface area contributed by atoms with Gasteiger partial charge in [-0.1, -0.05) is 18.2 Å². The van der Waals surface area contributed by atoms with Crippen LogP contribution in [-0.4, -0.2) is 33.9 Å². The van der Waals surface area contributed by atoms with Gasteiger partial charge in [-0.2, -0.15) is 10.4 Å². The first-order valence-electron chi connectivity index (χ1n) is 9.22. The van der Waals surface area contributed by atoms with Crippen LogP contribution in [0.3, 0.4) is 0 Å². The van der Waals surface area contributed by atoms with Crippen LogP contribution in [0.4, 0.5) is 5.82 Å². The van der Waals surface area contributed by atoms with Crippen molar-refractivity contribution in [2.75, 3.05) is 18.5 Å². The normalized spacial score (nSPS) is 19.0. The van der Waals surface area contributed by atoms with Crippen molar-refractivity contribution in [3.63, 3.8) is 0 Å². The molecule has 0 saturated carbocycles. The van der Waals surface area contributed by atoms with E-state index in [1.54, 1.807) is 6.20 Å². The van der Waals surface area contributed by atoms with Crippen LogP contribution in [0.2, 0.25) is 0 Å². The van der Waals surface area contributed by atoms with Crippen molar-refractivity contribution >= 4 is 22.6 Å². The number of anilines is 1. The molecular weight excluding hydrogens is 354 g/mol. The number of carbonyl (C=O) groups excluding carboxylic acids is 1. The third-order valence-corrected chi connectivity index (χ3v) is 5.82. The molecule has 0 bridgehead atoms. The van der Waals surface area contributed by atoms with Gasteiger partial charge in [0.1, 0.15) is 17.1 Å². The first-order chi connectivity index (χ1) is 13.5. The SMILES string of the molecule is CC1(C)C(=O)Nc2nccc(-c3nn(C4(CC#N)COC4)c4ccccc34)c21. The zero-order valence-corrected chi connectivity index (χ0v) is 15.7. The zero-order valence-electron chi connectivity index (χ0n) is 15.7. The Kier molecular flexibility index (Phi) is 3.40. The summed E-state index contributed by atoms with van der Waals surface area (Å²) in [6, 6.07) is 12.2. The smallest absolute Gasteiger partial charge is 0.235 e. The number of benzene rings is 1. The fraction of sp³-hybridized carbons (Fsp3) is 0.333. The second kappa shape index (κ2) is 5.63. The van der Waals surface area contributed by atoms with Crippen molar-refractivity contribution in [2.45, 2.75) is 31.2 Å². The van der Waals surface area contributed by atoms with Gasteiger partial charge in [0.2, 0.25) is 5.91 Å². The number of hydrogen-bond donors (Lipinski definition) is 1. The number of fused-ring (bicyclic) bond motifs is 2. The van der Waals surface area contributed by atoms with E-state index in [4.69, 9.17) is 9.84 Å². The van der Waals surface area contributed by atoms with Crippen LogP contribution in [0.15, 0.2) is 36.5 Å². The lowest BCUT2D eigenvalue weighted by Gasteiger charge is -2.40. The molecule has 1 aromatic carbocycles. The fourth-order valence-corrected chi connectivity index (χ4v) is 4.17. The summed E-state index contributed by atoms with van der Waals surface area (Å²) in [4.78, 5) is 16.8. The van der Waals surface area contributed by atoms with E-state index < -0.39 is 11.0 Å². The Balaban J connectivity index is 1.79. The number of nitriles is 1. The van der Waals surface area contributed by atoms with Gasteiger partial charge in [0.25, 0.3) is 0 Å². The molecule has 1 fully saturated rings. The van der Waals surface area contributed by atoms with Crippen LogP contribution in [0.1, 0.15) is 25.8 Å². The minimum Gasteiger partial charge on any atom is -0.376 e. The minimum atomic E-state index is -0.701. The van der Waals surface area contributed by atoms with Crippen LogP contribution in [0.5, 0.6) is 0 Å². The standard InChI is InChI=1S/C21H19N5O2/c1-20(2)16-14(7-10-23-18(16)24-19(20)27)17-13-5-3-4-6-15(13)26(25-17)21(8-9-22)11-28-12-21/h3-7,10H,8,11-12H2,1-2H3,(H,23,24,27). The van der Waals surface area contributed by atoms with E-state index in [0.29, 0.717) is 25.5 Å². The van der Waals surface area contributed by atoms with Gasteiger partial charge in [0, 0.05) is 22.7 Å². The third kappa shape index (κ3) is 2.09. The Morgan fingerprint density at radius 2 is 2.07 bits per heavy atom. The Bertz CT molecular complexity index is 1170. The van der Waals surface area contributed by atoms with Gasteiger partial charge >= 0.3 is 0 Å². The number of ether oxygens (including phenoxy) is 1. The lowest BCUT2D eigenvalue weighted by molar-refractivity contribution is -0.119. The molecule has 0 unspecified atom stereocenters. The van der Waals surface area contributed by atoms with Gasteiger partial charge in [0.15, 0.2) is 0 Å². The van der Waals surface area contributed by atoms with Gasteiger partial charge in [0.05, 0.1) is 36.6 Å². The summed E-state index contributed by atoms with van der Waals surface area (Å²) in [7, 11) is 0. The van der Waals surface area contributed by atoms with E-state index in [-0.39, 0.29) is 5.91 Å². The summed E-state index contributed by atoms with van der Waals surface area (Å²) in [6.07, 6.45) is 2.03. The van der Waals surface area contributed by atoms with Crippen LogP contribution < -0.4 is 5.32 Å². The molecule has 7 nitrogen and oxygen atoms in total. The van der Waals surface area contributed by atoms with Crippen molar-refractivity contribution in [2.24, 2.45) is 0 Å². The molecular formula is C21H19N5O2. The predicted molar refractivity (Wildman–Crippen MR) is 104 cm³/mol. The summed E-state index contributed by atoms with van der Waals surface area (Å²) < 4.78 is 7.39. The molecule has 0 atom stereocenters. The second-order valence-electron chi connectivity index (χ2n) is 7.99. The molecule has 2 aliphatic rings. The number of para-hydroxylation sites is 1. The van der Waals surface area contributed by atoms with E-state index in [2.05, 4.69) is 16.4 Å². The van der Waals surface area contributed by atoms with Gasteiger partial charge in [-0.05, 0) is 26.0 Å². The first-order valence-corrected chi connectivity index (χ1v) is 9.22. The van der Waals surface area contributed by atoms with E-state index in [9.17, 15) is 10.1 Å². The van der Waals surface area contributed by atoms with Crippen molar-refractivity contribution in [3.8, 4) is 17.3 Å². The first kappa shape index (κ1) is 16.9. The number of hydrogen-bond acceptors (Lipinski definition) is 5. The van der Waals surface area contributed by atoms with Crippen LogP contribution >= 0.6 is 0 Å². The largest absolute Gasteiger partial charge is 0.376 e. The van der Waals surface area contributed by atoms with E-state index >= 15 is 0 Å². The lowest BCUT2D eigenvalue weighted by atomic mass is 9.83. The minimum absolute atomic E-state index is 0.0699. The fourth-order valence-electron chi connectivity index (χ4n) is 4.17. The van der Waals surface area contributed by atoms with Crippen LogP contribution in [0, 0.1) is 11.3 Å². The number of pyridine rings is 1. The number of nitrogens with zero attached hydrogens (tertiary/aromatic N) is 4. The lowest BCUT2D eigenvalue weighted by Crippen LogP contribution is -2.52. The average Bonchev–Trinajstić information content (AvgIpc) is 3.14. The van der Waals surface area contributed by atoms with Crippen molar-refractivity contribution in [3.05, 3.63) is 42.1 Å². The Morgan fingerprint density at radius 1 is 1.29 bits per heavy atom. The van der Waals surface area contributed by atoms with E-state index in [1.165, 1.54) is 0 Å². The van der Waals surface area contributed by atoms with Crippen molar-refractivity contribution in [1.82, 2.24) is 14.8 Å². The molecule has 2 aromatic heterocycles. The summed E-state index contributed by atoms with van der Waals surface area (Å²) in [5.41, 5.74) is 2.34. The monoisotopic (exact) mass is 373 g/mol. The van der Waals surface area contributed by atoms with Crippen molar-refractivity contribution < 1.29 is 9.53 Å². The highest BCUT2D eigenvalue weighted by molar-refractivity contribution is 6.08. The molecule has 5 rings (SSSR count). The number of nitrogens with one attached hydrogen (secondary N) is 1. The molecule has 0 aliphatic carbocycles. The zero-order chi connectivity index (χ0) is 19.5. The van der Waals surface area contributed by atoms with Crippen molar-refractivity contribution in [1.29, 1.82) is 5.26 Å². The maximum Gasteiger partial charge on any atom is 0.235 e. The molecule has 0 radical (unpaired) electrons. The molecule has 28 heavy (non-hydrogen) atoms. The molecule has 0 spiro atoms. The quantitative estimate of drug-likeness (QED) is 0.762. The van der Waals surface area contributed by atoms with Gasteiger partial charge < -0.3 is 10.1 Å². The number of carbonyl (C=O) groups is 1. The summed E-state index contributed by atoms with van der Waals surface area (Å²) in [5, 5.41) is 18.2. The molecule has 140 valence electrons. The van der Waals surface area contributed by atoms with E-state index in [0.717, 1.165) is 27.7 Å². The number of amides is 1.